The van der Waals surface area contributed by atoms with Gasteiger partial charge in [0.15, 0.2) is 0 Å². The van der Waals surface area contributed by atoms with E-state index in [0.717, 1.165) is 5.76 Å². The van der Waals surface area contributed by atoms with Gasteiger partial charge in [0, 0.05) is 0 Å². The number of carbonyl (C=O) groups is 1. The van der Waals surface area contributed by atoms with Crippen LogP contribution >= 0.6 is 0 Å². The number of hydrogen-bond donors (Lipinski definition) is 2. The summed E-state index contributed by atoms with van der Waals surface area (Å²) >= 11 is 0. The normalized spacial score (nSPS) is 11.4. The van der Waals surface area contributed by atoms with Gasteiger partial charge in [-0.05, 0) is 25.5 Å². The van der Waals surface area contributed by atoms with Crippen molar-refractivity contribution in [3.63, 3.8) is 0 Å². The van der Waals surface area contributed by atoms with Crippen LogP contribution in [0.4, 0.5) is 4.79 Å². The maximum absolute atomic E-state index is 10.4. The SMILES string of the molecule is CC/C(=N\NC(N)=O)c1ccc(C)o1. The molecule has 14 heavy (non-hydrogen) atoms. The summed E-state index contributed by atoms with van der Waals surface area (Å²) in [6.07, 6.45) is 0.660. The van der Waals surface area contributed by atoms with Crippen molar-refractivity contribution in [1.82, 2.24) is 5.43 Å². The maximum Gasteiger partial charge on any atom is 0.332 e. The summed E-state index contributed by atoms with van der Waals surface area (Å²) in [5.41, 5.74) is 7.73. The first-order chi connectivity index (χ1) is 6.63. The van der Waals surface area contributed by atoms with Gasteiger partial charge in [0.2, 0.25) is 0 Å². The maximum atomic E-state index is 10.4. The molecule has 5 nitrogen and oxygen atoms in total. The second kappa shape index (κ2) is 4.45. The first kappa shape index (κ1) is 10.3. The Balaban J connectivity index is 2.81. The zero-order valence-electron chi connectivity index (χ0n) is 8.20. The van der Waals surface area contributed by atoms with Crippen molar-refractivity contribution < 1.29 is 9.21 Å². The highest BCUT2D eigenvalue weighted by atomic mass is 16.3. The lowest BCUT2D eigenvalue weighted by molar-refractivity contribution is 0.249. The summed E-state index contributed by atoms with van der Waals surface area (Å²) in [6.45, 7) is 3.76. The van der Waals surface area contributed by atoms with Gasteiger partial charge in [0.25, 0.3) is 0 Å². The highest BCUT2D eigenvalue weighted by Crippen LogP contribution is 2.09. The number of rotatable bonds is 3. The lowest BCUT2D eigenvalue weighted by Crippen LogP contribution is -2.25. The van der Waals surface area contributed by atoms with Crippen LogP contribution < -0.4 is 11.2 Å². The van der Waals surface area contributed by atoms with Gasteiger partial charge in [-0.25, -0.2) is 10.2 Å². The minimum atomic E-state index is -0.681. The summed E-state index contributed by atoms with van der Waals surface area (Å²) in [7, 11) is 0. The van der Waals surface area contributed by atoms with E-state index >= 15 is 0 Å². The Hall–Kier alpha value is -1.78. The van der Waals surface area contributed by atoms with Gasteiger partial charge >= 0.3 is 6.03 Å². The Bertz CT molecular complexity index is 355. The molecule has 1 rings (SSSR count). The molecule has 0 unspecified atom stereocenters. The molecule has 0 saturated heterocycles. The van der Waals surface area contributed by atoms with E-state index in [2.05, 4.69) is 10.5 Å². The molecule has 1 aromatic rings. The summed E-state index contributed by atoms with van der Waals surface area (Å²) in [5, 5.41) is 3.82. The van der Waals surface area contributed by atoms with Crippen LogP contribution in [-0.2, 0) is 0 Å². The van der Waals surface area contributed by atoms with E-state index in [9.17, 15) is 4.79 Å². The molecule has 0 fully saturated rings. The monoisotopic (exact) mass is 195 g/mol. The van der Waals surface area contributed by atoms with E-state index in [1.165, 1.54) is 0 Å². The number of primary amides is 1. The van der Waals surface area contributed by atoms with Gasteiger partial charge in [-0.1, -0.05) is 6.92 Å². The van der Waals surface area contributed by atoms with Crippen molar-refractivity contribution in [3.8, 4) is 0 Å². The molecule has 0 aliphatic rings. The van der Waals surface area contributed by atoms with Crippen molar-refractivity contribution in [2.24, 2.45) is 10.8 Å². The molecule has 0 bridgehead atoms. The van der Waals surface area contributed by atoms with E-state index in [4.69, 9.17) is 10.2 Å². The molecule has 5 heteroatoms. The first-order valence-corrected chi connectivity index (χ1v) is 4.32. The average Bonchev–Trinajstić information content (AvgIpc) is 2.53. The number of aryl methyl sites for hydroxylation is 1. The van der Waals surface area contributed by atoms with E-state index in [0.29, 0.717) is 17.9 Å². The molecule has 0 atom stereocenters. The number of carbonyl (C=O) groups excluding carboxylic acids is 1. The Labute approximate surface area is 82.0 Å². The van der Waals surface area contributed by atoms with Crippen molar-refractivity contribution >= 4 is 11.7 Å². The van der Waals surface area contributed by atoms with Crippen LogP contribution in [0.2, 0.25) is 0 Å². The molecule has 2 amide bonds. The number of furan rings is 1. The van der Waals surface area contributed by atoms with E-state index < -0.39 is 6.03 Å². The zero-order valence-corrected chi connectivity index (χ0v) is 8.20. The van der Waals surface area contributed by atoms with Crippen LogP contribution in [0, 0.1) is 6.92 Å². The molecule has 76 valence electrons. The second-order valence-corrected chi connectivity index (χ2v) is 2.80. The average molecular weight is 195 g/mol. The molecule has 0 aromatic carbocycles. The largest absolute Gasteiger partial charge is 0.460 e. The summed E-state index contributed by atoms with van der Waals surface area (Å²) in [4.78, 5) is 10.4. The van der Waals surface area contributed by atoms with Gasteiger partial charge in [0.05, 0.1) is 0 Å². The van der Waals surface area contributed by atoms with Crippen LogP contribution in [-0.4, -0.2) is 11.7 Å². The topological polar surface area (TPSA) is 80.6 Å². The van der Waals surface area contributed by atoms with E-state index in [1.54, 1.807) is 6.07 Å². The van der Waals surface area contributed by atoms with Crippen molar-refractivity contribution in [2.45, 2.75) is 20.3 Å². The number of hydrogen-bond acceptors (Lipinski definition) is 3. The number of amides is 2. The number of hydrazone groups is 1. The van der Waals surface area contributed by atoms with Gasteiger partial charge < -0.3 is 10.2 Å². The molecule has 0 aliphatic heterocycles. The minimum absolute atomic E-state index is 0.652. The van der Waals surface area contributed by atoms with Gasteiger partial charge in [-0.15, -0.1) is 0 Å². The van der Waals surface area contributed by atoms with Gasteiger partial charge in [-0.3, -0.25) is 0 Å². The second-order valence-electron chi connectivity index (χ2n) is 2.80. The third-order valence-corrected chi connectivity index (χ3v) is 1.66. The first-order valence-electron chi connectivity index (χ1n) is 4.32. The molecular formula is C9H13N3O2. The fraction of sp³-hybridized carbons (Fsp3) is 0.333. The minimum Gasteiger partial charge on any atom is -0.460 e. The lowest BCUT2D eigenvalue weighted by atomic mass is 10.2. The predicted molar refractivity (Wildman–Crippen MR) is 53.0 cm³/mol. The zero-order chi connectivity index (χ0) is 10.6. The standard InChI is InChI=1S/C9H13N3O2/c1-3-7(11-12-9(10)13)8-5-4-6(2)14-8/h4-5H,3H2,1-2H3,(H3,10,12,13)/b11-7+. The molecule has 0 spiro atoms. The molecular weight excluding hydrogens is 182 g/mol. The molecule has 1 aromatic heterocycles. The van der Waals surface area contributed by atoms with Crippen LogP contribution in [0.15, 0.2) is 21.7 Å². The lowest BCUT2D eigenvalue weighted by Gasteiger charge is -1.99. The number of nitrogens with one attached hydrogen (secondary N) is 1. The predicted octanol–water partition coefficient (Wildman–Crippen LogP) is 1.37. The molecule has 0 saturated carbocycles. The van der Waals surface area contributed by atoms with Crippen LogP contribution in [0.1, 0.15) is 24.9 Å². The number of nitrogens with two attached hydrogens (primary N) is 1. The Kier molecular flexibility index (Phi) is 3.28. The molecule has 1 heterocycles. The van der Waals surface area contributed by atoms with Crippen molar-refractivity contribution in [1.29, 1.82) is 0 Å². The van der Waals surface area contributed by atoms with Gasteiger partial charge in [0.1, 0.15) is 17.2 Å². The quantitative estimate of drug-likeness (QED) is 0.564. The Morgan fingerprint density at radius 2 is 2.36 bits per heavy atom. The molecule has 0 radical (unpaired) electrons. The van der Waals surface area contributed by atoms with E-state index in [-0.39, 0.29) is 0 Å². The van der Waals surface area contributed by atoms with Crippen molar-refractivity contribution in [2.75, 3.05) is 0 Å². The highest BCUT2D eigenvalue weighted by Gasteiger charge is 2.05. The molecule has 0 aliphatic carbocycles. The number of urea groups is 1. The fourth-order valence-corrected chi connectivity index (χ4v) is 1.02. The third-order valence-electron chi connectivity index (χ3n) is 1.66. The Morgan fingerprint density at radius 1 is 1.64 bits per heavy atom. The highest BCUT2D eigenvalue weighted by molar-refractivity contribution is 5.98. The van der Waals surface area contributed by atoms with Crippen LogP contribution in [0.3, 0.4) is 0 Å². The van der Waals surface area contributed by atoms with Gasteiger partial charge in [-0.2, -0.15) is 5.10 Å². The van der Waals surface area contributed by atoms with E-state index in [1.807, 2.05) is 19.9 Å². The van der Waals surface area contributed by atoms with Crippen LogP contribution in [0.5, 0.6) is 0 Å². The smallest absolute Gasteiger partial charge is 0.332 e. The van der Waals surface area contributed by atoms with Crippen LogP contribution in [0.25, 0.3) is 0 Å². The summed E-state index contributed by atoms with van der Waals surface area (Å²) < 4.78 is 5.35. The molecule has 3 N–H and O–H groups in total. The fourth-order valence-electron chi connectivity index (χ4n) is 1.02. The number of nitrogens with zero attached hydrogens (tertiary/aromatic N) is 1. The third kappa shape index (κ3) is 2.62. The van der Waals surface area contributed by atoms with Crippen molar-refractivity contribution in [3.05, 3.63) is 23.7 Å². The summed E-state index contributed by atoms with van der Waals surface area (Å²) in [5.74, 6) is 1.46. The summed E-state index contributed by atoms with van der Waals surface area (Å²) in [6, 6.07) is 2.96. The Morgan fingerprint density at radius 3 is 2.79 bits per heavy atom.